The number of aromatic nitrogens is 1. The highest BCUT2D eigenvalue weighted by Gasteiger charge is 2.13. The number of hydrogen-bond donors (Lipinski definition) is 0. The van der Waals surface area contributed by atoms with Gasteiger partial charge < -0.3 is 14.0 Å². The Kier molecular flexibility index (Phi) is 6.09. The highest BCUT2D eigenvalue weighted by Crippen LogP contribution is 2.12. The smallest absolute Gasteiger partial charge is 0.338 e. The van der Waals surface area contributed by atoms with Gasteiger partial charge in [-0.1, -0.05) is 12.1 Å². The number of hydrogen-bond acceptors (Lipinski definition) is 5. The summed E-state index contributed by atoms with van der Waals surface area (Å²) in [5.74, 6) is -0.377. The zero-order valence-corrected chi connectivity index (χ0v) is 14.5. The number of nitrogens with zero attached hydrogens (tertiary/aromatic N) is 2. The van der Waals surface area contributed by atoms with Crippen LogP contribution in [-0.4, -0.2) is 24.3 Å². The fourth-order valence-corrected chi connectivity index (χ4v) is 2.56. The van der Waals surface area contributed by atoms with Crippen LogP contribution in [0, 0.1) is 18.3 Å². The van der Waals surface area contributed by atoms with E-state index in [2.05, 4.69) is 0 Å². The highest BCUT2D eigenvalue weighted by molar-refractivity contribution is 5.89. The molecule has 0 atom stereocenters. The number of methoxy groups -OCH3 is 1. The van der Waals surface area contributed by atoms with Crippen LogP contribution in [0.5, 0.6) is 0 Å². The Balaban J connectivity index is 2.33. The van der Waals surface area contributed by atoms with Crippen LogP contribution >= 0.6 is 0 Å². The van der Waals surface area contributed by atoms with Crippen LogP contribution < -0.4 is 5.56 Å². The van der Waals surface area contributed by atoms with Crippen molar-refractivity contribution in [3.63, 3.8) is 0 Å². The van der Waals surface area contributed by atoms with E-state index in [1.54, 1.807) is 37.3 Å². The Morgan fingerprint density at radius 3 is 2.52 bits per heavy atom. The first-order valence-electron chi connectivity index (χ1n) is 7.90. The Bertz CT molecular complexity index is 861. The van der Waals surface area contributed by atoms with Crippen LogP contribution in [-0.2, 0) is 22.6 Å². The number of carbonyl (C=O) groups excluding carboxylic acids is 1. The maximum Gasteiger partial charge on any atom is 0.338 e. The number of pyridine rings is 1. The lowest BCUT2D eigenvalue weighted by Crippen LogP contribution is -2.27. The van der Waals surface area contributed by atoms with Crippen molar-refractivity contribution >= 4 is 5.97 Å². The summed E-state index contributed by atoms with van der Waals surface area (Å²) in [4.78, 5) is 24.3. The van der Waals surface area contributed by atoms with E-state index in [4.69, 9.17) is 9.47 Å². The minimum absolute atomic E-state index is 0.0931. The predicted molar refractivity (Wildman–Crippen MR) is 92.4 cm³/mol. The van der Waals surface area contributed by atoms with Gasteiger partial charge in [0.1, 0.15) is 11.6 Å². The second-order valence-corrected chi connectivity index (χ2v) is 5.54. The molecule has 0 amide bonds. The molecule has 2 rings (SSSR count). The molecule has 0 N–H and O–H groups in total. The fraction of sp³-hybridized carbons (Fsp3) is 0.316. The number of rotatable bonds is 6. The molecular weight excluding hydrogens is 320 g/mol. The van der Waals surface area contributed by atoms with Gasteiger partial charge in [-0.15, -0.1) is 0 Å². The Hall–Kier alpha value is -2.91. The SMILES string of the molecule is CCOC(=O)c1ccc(Cn2c(C)cc(COC)c(C#N)c2=O)cc1. The molecule has 0 radical (unpaired) electrons. The molecule has 0 fully saturated rings. The van der Waals surface area contributed by atoms with E-state index >= 15 is 0 Å². The van der Waals surface area contributed by atoms with Crippen molar-refractivity contribution < 1.29 is 14.3 Å². The van der Waals surface area contributed by atoms with Gasteiger partial charge >= 0.3 is 5.97 Å². The number of benzene rings is 1. The van der Waals surface area contributed by atoms with Crippen LogP contribution in [0.1, 0.15) is 39.7 Å². The van der Waals surface area contributed by atoms with Crippen molar-refractivity contribution in [2.24, 2.45) is 0 Å². The van der Waals surface area contributed by atoms with Crippen molar-refractivity contribution in [1.29, 1.82) is 5.26 Å². The molecule has 0 saturated heterocycles. The molecular formula is C19H20N2O4. The first kappa shape index (κ1) is 18.4. The summed E-state index contributed by atoms with van der Waals surface area (Å²) < 4.78 is 11.5. The maximum absolute atomic E-state index is 12.6. The number of esters is 1. The molecule has 0 bridgehead atoms. The molecule has 6 heteroatoms. The van der Waals surface area contributed by atoms with Gasteiger partial charge in [0.05, 0.1) is 25.3 Å². The molecule has 0 spiro atoms. The molecule has 0 aliphatic heterocycles. The molecule has 130 valence electrons. The van der Waals surface area contributed by atoms with E-state index in [9.17, 15) is 14.9 Å². The second-order valence-electron chi connectivity index (χ2n) is 5.54. The van der Waals surface area contributed by atoms with Crippen LogP contribution in [0.2, 0.25) is 0 Å². The van der Waals surface area contributed by atoms with Gasteiger partial charge in [-0.2, -0.15) is 5.26 Å². The highest BCUT2D eigenvalue weighted by atomic mass is 16.5. The van der Waals surface area contributed by atoms with Crippen molar-refractivity contribution in [2.75, 3.05) is 13.7 Å². The largest absolute Gasteiger partial charge is 0.462 e. The summed E-state index contributed by atoms with van der Waals surface area (Å²) >= 11 is 0. The average molecular weight is 340 g/mol. The van der Waals surface area contributed by atoms with E-state index in [1.165, 1.54) is 11.7 Å². The van der Waals surface area contributed by atoms with E-state index < -0.39 is 0 Å². The number of aryl methyl sites for hydroxylation is 1. The van der Waals surface area contributed by atoms with Gasteiger partial charge in [0.2, 0.25) is 0 Å². The van der Waals surface area contributed by atoms with E-state index in [0.29, 0.717) is 24.3 Å². The molecule has 1 aromatic carbocycles. The van der Waals surface area contributed by atoms with E-state index in [-0.39, 0.29) is 23.7 Å². The maximum atomic E-state index is 12.6. The average Bonchev–Trinajstić information content (AvgIpc) is 2.60. The topological polar surface area (TPSA) is 81.3 Å². The van der Waals surface area contributed by atoms with Crippen molar-refractivity contribution in [3.05, 3.63) is 68.6 Å². The number of ether oxygens (including phenoxy) is 2. The van der Waals surface area contributed by atoms with Gasteiger partial charge in [0, 0.05) is 18.4 Å². The monoisotopic (exact) mass is 340 g/mol. The Labute approximate surface area is 146 Å². The third-order valence-corrected chi connectivity index (χ3v) is 3.81. The lowest BCUT2D eigenvalue weighted by atomic mass is 10.1. The lowest BCUT2D eigenvalue weighted by Gasteiger charge is -2.13. The van der Waals surface area contributed by atoms with Crippen LogP contribution in [0.3, 0.4) is 0 Å². The fourth-order valence-electron chi connectivity index (χ4n) is 2.56. The summed E-state index contributed by atoms with van der Waals surface area (Å²) in [6, 6.07) is 10.6. The van der Waals surface area contributed by atoms with Crippen molar-refractivity contribution in [1.82, 2.24) is 4.57 Å². The minimum atomic E-state index is -0.377. The van der Waals surface area contributed by atoms with Gasteiger partial charge in [0.15, 0.2) is 0 Å². The van der Waals surface area contributed by atoms with Gasteiger partial charge in [-0.05, 0) is 37.6 Å². The predicted octanol–water partition coefficient (Wildman–Crippen LogP) is 2.40. The Morgan fingerprint density at radius 2 is 1.96 bits per heavy atom. The lowest BCUT2D eigenvalue weighted by molar-refractivity contribution is 0.0526. The molecule has 0 aliphatic carbocycles. The number of carbonyl (C=O) groups is 1. The van der Waals surface area contributed by atoms with Gasteiger partial charge in [0.25, 0.3) is 5.56 Å². The summed E-state index contributed by atoms with van der Waals surface area (Å²) in [6.07, 6.45) is 0. The van der Waals surface area contributed by atoms with Crippen molar-refractivity contribution in [2.45, 2.75) is 27.0 Å². The van der Waals surface area contributed by atoms with Gasteiger partial charge in [-0.25, -0.2) is 4.79 Å². The molecule has 0 saturated carbocycles. The van der Waals surface area contributed by atoms with E-state index in [1.807, 2.05) is 13.0 Å². The molecule has 25 heavy (non-hydrogen) atoms. The molecule has 1 aromatic heterocycles. The first-order valence-corrected chi connectivity index (χ1v) is 7.90. The van der Waals surface area contributed by atoms with Crippen molar-refractivity contribution in [3.8, 4) is 6.07 Å². The molecule has 6 nitrogen and oxygen atoms in total. The van der Waals surface area contributed by atoms with Crippen LogP contribution in [0.25, 0.3) is 0 Å². The quantitative estimate of drug-likeness (QED) is 0.754. The minimum Gasteiger partial charge on any atom is -0.462 e. The first-order chi connectivity index (χ1) is 12.0. The zero-order chi connectivity index (χ0) is 18.4. The zero-order valence-electron chi connectivity index (χ0n) is 14.5. The standard InChI is InChI=1S/C19H20N2O4/c1-4-25-19(23)15-7-5-14(6-8-15)11-21-13(2)9-16(12-24-3)17(10-20)18(21)22/h5-9H,4,11-12H2,1-3H3. The summed E-state index contributed by atoms with van der Waals surface area (Å²) in [6.45, 7) is 4.42. The molecule has 0 unspecified atom stereocenters. The number of nitriles is 1. The third kappa shape index (κ3) is 4.14. The summed E-state index contributed by atoms with van der Waals surface area (Å²) in [5, 5.41) is 9.29. The van der Waals surface area contributed by atoms with E-state index in [0.717, 1.165) is 11.3 Å². The molecule has 2 aromatic rings. The second kappa shape index (κ2) is 8.27. The van der Waals surface area contributed by atoms with Gasteiger partial charge in [-0.3, -0.25) is 4.79 Å². The molecule has 0 aliphatic rings. The third-order valence-electron chi connectivity index (χ3n) is 3.81. The Morgan fingerprint density at radius 1 is 1.28 bits per heavy atom. The summed E-state index contributed by atoms with van der Waals surface area (Å²) in [7, 11) is 1.52. The summed E-state index contributed by atoms with van der Waals surface area (Å²) in [5.41, 5.74) is 2.39. The van der Waals surface area contributed by atoms with Crippen LogP contribution in [0.15, 0.2) is 35.1 Å². The molecule has 1 heterocycles. The normalized spacial score (nSPS) is 10.3. The van der Waals surface area contributed by atoms with Crippen LogP contribution in [0.4, 0.5) is 0 Å².